The van der Waals surface area contributed by atoms with Gasteiger partial charge in [0.25, 0.3) is 0 Å². The number of hydrazine groups is 1. The molecule has 2 rings (SSSR count). The van der Waals surface area contributed by atoms with Gasteiger partial charge in [-0.3, -0.25) is 10.2 Å². The van der Waals surface area contributed by atoms with Gasteiger partial charge in [0, 0.05) is 6.54 Å². The molecular weight excluding hydrogens is 252 g/mol. The zero-order chi connectivity index (χ0) is 14.8. The van der Waals surface area contributed by atoms with Crippen molar-refractivity contribution in [3.63, 3.8) is 0 Å². The molecule has 0 aromatic heterocycles. The molecule has 2 unspecified atom stereocenters. The van der Waals surface area contributed by atoms with Crippen molar-refractivity contribution in [2.24, 2.45) is 5.92 Å². The van der Waals surface area contributed by atoms with Gasteiger partial charge in [0.05, 0.1) is 18.6 Å². The molecule has 4 heteroatoms. The fourth-order valence-electron chi connectivity index (χ4n) is 2.47. The second kappa shape index (κ2) is 5.94. The number of carbonyl (C=O) groups excluding carboxylic acids is 1. The molecule has 0 saturated carbocycles. The Morgan fingerprint density at radius 2 is 1.95 bits per heavy atom. The van der Waals surface area contributed by atoms with Crippen LogP contribution in [-0.4, -0.2) is 19.1 Å². The van der Waals surface area contributed by atoms with Gasteiger partial charge in [0.2, 0.25) is 0 Å². The molecule has 110 valence electrons. The van der Waals surface area contributed by atoms with E-state index in [0.717, 1.165) is 5.56 Å². The van der Waals surface area contributed by atoms with Crippen LogP contribution < -0.4 is 10.9 Å². The Kier molecular flexibility index (Phi) is 4.45. The quantitative estimate of drug-likeness (QED) is 0.832. The third-order valence-corrected chi connectivity index (χ3v) is 3.71. The number of rotatable bonds is 3. The third kappa shape index (κ3) is 3.19. The van der Waals surface area contributed by atoms with Crippen LogP contribution in [0.15, 0.2) is 24.3 Å². The maximum absolute atomic E-state index is 12.0. The predicted molar refractivity (Wildman–Crippen MR) is 79.1 cm³/mol. The Bertz CT molecular complexity index is 462. The molecule has 1 heterocycles. The Morgan fingerprint density at radius 3 is 2.50 bits per heavy atom. The highest BCUT2D eigenvalue weighted by Gasteiger charge is 2.35. The van der Waals surface area contributed by atoms with E-state index in [1.54, 1.807) is 0 Å². The lowest BCUT2D eigenvalue weighted by atomic mass is 9.85. The van der Waals surface area contributed by atoms with Crippen LogP contribution in [0.4, 0.5) is 0 Å². The second-order valence-electron chi connectivity index (χ2n) is 6.23. The molecule has 20 heavy (non-hydrogen) atoms. The summed E-state index contributed by atoms with van der Waals surface area (Å²) < 4.78 is 5.14. The van der Waals surface area contributed by atoms with Gasteiger partial charge in [0.1, 0.15) is 0 Å². The summed E-state index contributed by atoms with van der Waals surface area (Å²) in [6.45, 7) is 9.44. The molecule has 1 aromatic carbocycles. The summed E-state index contributed by atoms with van der Waals surface area (Å²) >= 11 is 0. The van der Waals surface area contributed by atoms with Gasteiger partial charge in [-0.05, 0) is 23.5 Å². The maximum Gasteiger partial charge on any atom is 0.312 e. The highest BCUT2D eigenvalue weighted by atomic mass is 16.5. The fraction of sp³-hybridized carbons (Fsp3) is 0.562. The number of hydrogen-bond donors (Lipinski definition) is 2. The average Bonchev–Trinajstić information content (AvgIpc) is 2.87. The lowest BCUT2D eigenvalue weighted by Gasteiger charge is -2.21. The molecule has 0 aliphatic carbocycles. The van der Waals surface area contributed by atoms with Crippen LogP contribution in [-0.2, 0) is 14.9 Å². The summed E-state index contributed by atoms with van der Waals surface area (Å²) in [6.07, 6.45) is 0. The van der Waals surface area contributed by atoms with E-state index in [4.69, 9.17) is 4.74 Å². The number of esters is 1. The minimum atomic E-state index is -0.171. The molecule has 0 amide bonds. The number of benzene rings is 1. The largest absolute Gasteiger partial charge is 0.466 e. The SMILES string of the molecule is CCOC(=O)C1CNNC1c1ccc(C(C)(C)C)cc1. The van der Waals surface area contributed by atoms with Gasteiger partial charge < -0.3 is 4.74 Å². The fourth-order valence-corrected chi connectivity index (χ4v) is 2.47. The topological polar surface area (TPSA) is 50.4 Å². The number of hydrogen-bond acceptors (Lipinski definition) is 4. The standard InChI is InChI=1S/C16H24N2O2/c1-5-20-15(19)13-10-17-18-14(13)11-6-8-12(9-7-11)16(2,3)4/h6-9,13-14,17-18H,5,10H2,1-4H3. The molecule has 2 atom stereocenters. The van der Waals surface area contributed by atoms with Crippen molar-refractivity contribution in [3.8, 4) is 0 Å². The first kappa shape index (κ1) is 15.0. The molecule has 0 bridgehead atoms. The minimum Gasteiger partial charge on any atom is -0.466 e. The van der Waals surface area contributed by atoms with Crippen LogP contribution in [0, 0.1) is 5.92 Å². The van der Waals surface area contributed by atoms with Crippen molar-refractivity contribution >= 4 is 5.97 Å². The van der Waals surface area contributed by atoms with E-state index in [1.165, 1.54) is 5.56 Å². The van der Waals surface area contributed by atoms with Crippen molar-refractivity contribution in [2.75, 3.05) is 13.2 Å². The molecule has 1 aromatic rings. The number of carbonyl (C=O) groups is 1. The molecule has 0 spiro atoms. The van der Waals surface area contributed by atoms with Crippen LogP contribution in [0.5, 0.6) is 0 Å². The Labute approximate surface area is 120 Å². The van der Waals surface area contributed by atoms with E-state index < -0.39 is 0 Å². The van der Waals surface area contributed by atoms with Crippen molar-refractivity contribution in [3.05, 3.63) is 35.4 Å². The van der Waals surface area contributed by atoms with Gasteiger partial charge in [-0.1, -0.05) is 45.0 Å². The van der Waals surface area contributed by atoms with Gasteiger partial charge in [-0.15, -0.1) is 0 Å². The minimum absolute atomic E-state index is 0.0249. The summed E-state index contributed by atoms with van der Waals surface area (Å²) in [7, 11) is 0. The Morgan fingerprint density at radius 1 is 1.30 bits per heavy atom. The Hall–Kier alpha value is -1.39. The first-order valence-corrected chi connectivity index (χ1v) is 7.19. The van der Waals surface area contributed by atoms with Gasteiger partial charge >= 0.3 is 5.97 Å². The van der Waals surface area contributed by atoms with Gasteiger partial charge in [-0.25, -0.2) is 5.43 Å². The van der Waals surface area contributed by atoms with Crippen LogP contribution in [0.1, 0.15) is 44.9 Å². The molecule has 0 radical (unpaired) electrons. The maximum atomic E-state index is 12.0. The van der Waals surface area contributed by atoms with E-state index in [9.17, 15) is 4.79 Å². The highest BCUT2D eigenvalue weighted by Crippen LogP contribution is 2.28. The van der Waals surface area contributed by atoms with E-state index in [1.807, 2.05) is 6.92 Å². The number of nitrogens with one attached hydrogen (secondary N) is 2. The second-order valence-corrected chi connectivity index (χ2v) is 6.23. The van der Waals surface area contributed by atoms with E-state index in [0.29, 0.717) is 13.2 Å². The lowest BCUT2D eigenvalue weighted by molar-refractivity contribution is -0.147. The van der Waals surface area contributed by atoms with Crippen LogP contribution in [0.2, 0.25) is 0 Å². The smallest absolute Gasteiger partial charge is 0.312 e. The average molecular weight is 276 g/mol. The van der Waals surface area contributed by atoms with Crippen molar-refractivity contribution in [1.82, 2.24) is 10.9 Å². The summed E-state index contributed by atoms with van der Waals surface area (Å²) in [4.78, 5) is 12.0. The molecule has 4 nitrogen and oxygen atoms in total. The van der Waals surface area contributed by atoms with E-state index in [2.05, 4.69) is 55.9 Å². The molecular formula is C16H24N2O2. The molecule has 2 N–H and O–H groups in total. The molecule has 1 aliphatic rings. The zero-order valence-electron chi connectivity index (χ0n) is 12.7. The van der Waals surface area contributed by atoms with Crippen LogP contribution >= 0.6 is 0 Å². The van der Waals surface area contributed by atoms with Crippen LogP contribution in [0.3, 0.4) is 0 Å². The zero-order valence-corrected chi connectivity index (χ0v) is 12.7. The van der Waals surface area contributed by atoms with Gasteiger partial charge in [-0.2, -0.15) is 0 Å². The summed E-state index contributed by atoms with van der Waals surface area (Å²) in [5.41, 5.74) is 8.77. The molecule has 1 aliphatic heterocycles. The van der Waals surface area contributed by atoms with Crippen molar-refractivity contribution in [2.45, 2.75) is 39.2 Å². The normalized spacial score (nSPS) is 22.8. The monoisotopic (exact) mass is 276 g/mol. The van der Waals surface area contributed by atoms with Crippen LogP contribution in [0.25, 0.3) is 0 Å². The summed E-state index contributed by atoms with van der Waals surface area (Å²) in [6, 6.07) is 8.44. The summed E-state index contributed by atoms with van der Waals surface area (Å²) in [5, 5.41) is 0. The third-order valence-electron chi connectivity index (χ3n) is 3.71. The van der Waals surface area contributed by atoms with E-state index >= 15 is 0 Å². The highest BCUT2D eigenvalue weighted by molar-refractivity contribution is 5.74. The van der Waals surface area contributed by atoms with Crippen molar-refractivity contribution < 1.29 is 9.53 Å². The van der Waals surface area contributed by atoms with E-state index in [-0.39, 0.29) is 23.3 Å². The molecule has 1 saturated heterocycles. The molecule has 1 fully saturated rings. The summed E-state index contributed by atoms with van der Waals surface area (Å²) in [5.74, 6) is -0.315. The van der Waals surface area contributed by atoms with Gasteiger partial charge in [0.15, 0.2) is 0 Å². The predicted octanol–water partition coefficient (Wildman–Crippen LogP) is 2.31. The van der Waals surface area contributed by atoms with Crippen molar-refractivity contribution in [1.29, 1.82) is 0 Å². The number of ether oxygens (including phenoxy) is 1. The lowest BCUT2D eigenvalue weighted by Crippen LogP contribution is -2.27. The first-order valence-electron chi connectivity index (χ1n) is 7.19. The Balaban J connectivity index is 2.16. The first-order chi connectivity index (χ1) is 9.43.